The molecule has 20 heavy (non-hydrogen) atoms. The molecule has 114 valence electrons. The zero-order valence-corrected chi connectivity index (χ0v) is 12.1. The number of ether oxygens (including phenoxy) is 1. The lowest BCUT2D eigenvalue weighted by Crippen LogP contribution is -2.42. The van der Waals surface area contributed by atoms with Gasteiger partial charge in [0.1, 0.15) is 0 Å². The van der Waals surface area contributed by atoms with Crippen molar-refractivity contribution in [3.8, 4) is 0 Å². The molecule has 1 saturated heterocycles. The standard InChI is InChI=1S/C13H22N2O5/c1-13(2,12(18)19)8-14-11(17)9-6-10(16)15(7-9)4-5-20-3/h9H,4-8H2,1-3H3,(H,14,17)(H,18,19). The third-order valence-corrected chi connectivity index (χ3v) is 3.43. The molecule has 1 aliphatic rings. The summed E-state index contributed by atoms with van der Waals surface area (Å²) < 4.78 is 4.91. The van der Waals surface area contributed by atoms with Crippen LogP contribution < -0.4 is 5.32 Å². The molecule has 1 unspecified atom stereocenters. The van der Waals surface area contributed by atoms with Gasteiger partial charge in [-0.2, -0.15) is 0 Å². The average Bonchev–Trinajstić information content (AvgIpc) is 2.75. The van der Waals surface area contributed by atoms with Gasteiger partial charge in [0.2, 0.25) is 11.8 Å². The SMILES string of the molecule is COCCN1CC(C(=O)NCC(C)(C)C(=O)O)CC1=O. The first kappa shape index (κ1) is 16.4. The molecule has 1 fully saturated rings. The quantitative estimate of drug-likeness (QED) is 0.670. The topological polar surface area (TPSA) is 95.9 Å². The summed E-state index contributed by atoms with van der Waals surface area (Å²) >= 11 is 0. The lowest BCUT2D eigenvalue weighted by molar-refractivity contribution is -0.147. The van der Waals surface area contributed by atoms with Gasteiger partial charge >= 0.3 is 5.97 Å². The van der Waals surface area contributed by atoms with Crippen molar-refractivity contribution >= 4 is 17.8 Å². The molecule has 0 spiro atoms. The Balaban J connectivity index is 2.46. The van der Waals surface area contributed by atoms with Gasteiger partial charge in [0, 0.05) is 33.2 Å². The maximum atomic E-state index is 12.0. The first-order chi connectivity index (χ1) is 9.27. The average molecular weight is 286 g/mol. The number of carbonyl (C=O) groups is 3. The second-order valence-corrected chi connectivity index (χ2v) is 5.64. The predicted molar refractivity (Wildman–Crippen MR) is 71.0 cm³/mol. The number of nitrogens with one attached hydrogen (secondary N) is 1. The molecule has 0 bridgehead atoms. The van der Waals surface area contributed by atoms with Crippen molar-refractivity contribution < 1.29 is 24.2 Å². The Hall–Kier alpha value is -1.63. The number of carboxylic acids is 1. The van der Waals surface area contributed by atoms with Crippen LogP contribution in [0.5, 0.6) is 0 Å². The summed E-state index contributed by atoms with van der Waals surface area (Å²) in [4.78, 5) is 36.2. The third kappa shape index (κ3) is 4.19. The molecule has 7 nitrogen and oxygen atoms in total. The van der Waals surface area contributed by atoms with Crippen molar-refractivity contribution in [2.24, 2.45) is 11.3 Å². The number of nitrogens with zero attached hydrogens (tertiary/aromatic N) is 1. The number of aliphatic carboxylic acids is 1. The van der Waals surface area contributed by atoms with Crippen LogP contribution in [0.2, 0.25) is 0 Å². The summed E-state index contributed by atoms with van der Waals surface area (Å²) in [5.74, 6) is -1.72. The molecule has 2 amide bonds. The molecule has 1 heterocycles. The van der Waals surface area contributed by atoms with Crippen molar-refractivity contribution in [2.45, 2.75) is 20.3 Å². The summed E-state index contributed by atoms with van der Waals surface area (Å²) in [6, 6.07) is 0. The lowest BCUT2D eigenvalue weighted by Gasteiger charge is -2.21. The van der Waals surface area contributed by atoms with Gasteiger partial charge in [0.15, 0.2) is 0 Å². The molecule has 0 radical (unpaired) electrons. The monoisotopic (exact) mass is 286 g/mol. The van der Waals surface area contributed by atoms with E-state index in [1.165, 1.54) is 0 Å². The van der Waals surface area contributed by atoms with Crippen molar-refractivity contribution in [3.63, 3.8) is 0 Å². The summed E-state index contributed by atoms with van der Waals surface area (Å²) in [6.45, 7) is 4.40. The Labute approximate surface area is 118 Å². The highest BCUT2D eigenvalue weighted by Crippen LogP contribution is 2.19. The van der Waals surface area contributed by atoms with E-state index < -0.39 is 17.3 Å². The normalized spacial score (nSPS) is 19.2. The third-order valence-electron chi connectivity index (χ3n) is 3.43. The minimum Gasteiger partial charge on any atom is -0.481 e. The summed E-state index contributed by atoms with van der Waals surface area (Å²) in [6.07, 6.45) is 0.170. The van der Waals surface area contributed by atoms with Gasteiger partial charge < -0.3 is 20.1 Å². The molecule has 2 N–H and O–H groups in total. The highest BCUT2D eigenvalue weighted by Gasteiger charge is 2.35. The second-order valence-electron chi connectivity index (χ2n) is 5.64. The van der Waals surface area contributed by atoms with Crippen LogP contribution in [0, 0.1) is 11.3 Å². The van der Waals surface area contributed by atoms with Gasteiger partial charge in [-0.15, -0.1) is 0 Å². The number of amides is 2. The zero-order valence-electron chi connectivity index (χ0n) is 12.1. The second kappa shape index (κ2) is 6.69. The number of carboxylic acid groups (broad SMARTS) is 1. The van der Waals surface area contributed by atoms with Crippen molar-refractivity contribution in [1.82, 2.24) is 10.2 Å². The molecular formula is C13H22N2O5. The number of methoxy groups -OCH3 is 1. The Morgan fingerprint density at radius 2 is 2.15 bits per heavy atom. The van der Waals surface area contributed by atoms with E-state index in [0.717, 1.165) is 0 Å². The highest BCUT2D eigenvalue weighted by atomic mass is 16.5. The largest absolute Gasteiger partial charge is 0.481 e. The Morgan fingerprint density at radius 3 is 2.70 bits per heavy atom. The van der Waals surface area contributed by atoms with Crippen LogP contribution in [-0.2, 0) is 19.1 Å². The van der Waals surface area contributed by atoms with Gasteiger partial charge in [0.25, 0.3) is 0 Å². The zero-order chi connectivity index (χ0) is 15.3. The van der Waals surface area contributed by atoms with Crippen LogP contribution in [-0.4, -0.2) is 61.1 Å². The first-order valence-electron chi connectivity index (χ1n) is 6.55. The van der Waals surface area contributed by atoms with Crippen molar-refractivity contribution in [3.05, 3.63) is 0 Å². The number of likely N-dealkylation sites (tertiary alicyclic amines) is 1. The fourth-order valence-corrected chi connectivity index (χ4v) is 1.89. The predicted octanol–water partition coefficient (Wildman–Crippen LogP) is -0.292. The minimum absolute atomic E-state index is 0.0456. The molecule has 1 atom stereocenters. The van der Waals surface area contributed by atoms with E-state index in [2.05, 4.69) is 5.32 Å². The van der Waals surface area contributed by atoms with Crippen LogP contribution in [0.1, 0.15) is 20.3 Å². The summed E-state index contributed by atoms with van der Waals surface area (Å²) in [7, 11) is 1.55. The molecule has 0 saturated carbocycles. The van der Waals surface area contributed by atoms with Crippen molar-refractivity contribution in [1.29, 1.82) is 0 Å². The van der Waals surface area contributed by atoms with Gasteiger partial charge in [-0.25, -0.2) is 0 Å². The van der Waals surface area contributed by atoms with Gasteiger partial charge in [-0.1, -0.05) is 0 Å². The molecule has 0 aromatic heterocycles. The maximum Gasteiger partial charge on any atom is 0.310 e. The number of carbonyl (C=O) groups excluding carboxylic acids is 2. The molecule has 1 rings (SSSR count). The van der Waals surface area contributed by atoms with E-state index in [4.69, 9.17) is 9.84 Å². The molecule has 0 aromatic carbocycles. The highest BCUT2D eigenvalue weighted by molar-refractivity contribution is 5.89. The van der Waals surface area contributed by atoms with Gasteiger partial charge in [-0.3, -0.25) is 14.4 Å². The summed E-state index contributed by atoms with van der Waals surface area (Å²) in [5.41, 5.74) is -1.02. The molecule has 1 aliphatic heterocycles. The number of hydrogen-bond donors (Lipinski definition) is 2. The first-order valence-corrected chi connectivity index (χ1v) is 6.55. The van der Waals surface area contributed by atoms with Gasteiger partial charge in [0.05, 0.1) is 17.9 Å². The molecule has 7 heteroatoms. The molecule has 0 aliphatic carbocycles. The summed E-state index contributed by atoms with van der Waals surface area (Å²) in [5, 5.41) is 11.6. The van der Waals surface area contributed by atoms with Crippen LogP contribution in [0.3, 0.4) is 0 Å². The van der Waals surface area contributed by atoms with E-state index in [0.29, 0.717) is 19.7 Å². The maximum absolute atomic E-state index is 12.0. The van der Waals surface area contributed by atoms with Crippen LogP contribution in [0.15, 0.2) is 0 Å². The number of hydrogen-bond acceptors (Lipinski definition) is 4. The Bertz CT molecular complexity index is 394. The van der Waals surface area contributed by atoms with Crippen LogP contribution in [0.25, 0.3) is 0 Å². The van der Waals surface area contributed by atoms with Crippen LogP contribution >= 0.6 is 0 Å². The van der Waals surface area contributed by atoms with E-state index in [1.54, 1.807) is 25.9 Å². The van der Waals surface area contributed by atoms with Crippen molar-refractivity contribution in [2.75, 3.05) is 33.4 Å². The molecular weight excluding hydrogens is 264 g/mol. The fraction of sp³-hybridized carbons (Fsp3) is 0.769. The van der Waals surface area contributed by atoms with E-state index >= 15 is 0 Å². The fourth-order valence-electron chi connectivity index (χ4n) is 1.89. The Morgan fingerprint density at radius 1 is 1.50 bits per heavy atom. The van der Waals surface area contributed by atoms with Crippen LogP contribution in [0.4, 0.5) is 0 Å². The molecule has 0 aromatic rings. The van der Waals surface area contributed by atoms with Gasteiger partial charge in [-0.05, 0) is 13.8 Å². The van der Waals surface area contributed by atoms with E-state index in [-0.39, 0.29) is 24.8 Å². The lowest BCUT2D eigenvalue weighted by atomic mass is 9.93. The van der Waals surface area contributed by atoms with E-state index in [9.17, 15) is 14.4 Å². The smallest absolute Gasteiger partial charge is 0.310 e. The van der Waals surface area contributed by atoms with E-state index in [1.807, 2.05) is 0 Å². The number of rotatable bonds is 7. The Kier molecular flexibility index (Phi) is 5.50. The minimum atomic E-state index is -1.02.